The predicted molar refractivity (Wildman–Crippen MR) is 89.8 cm³/mol. The second-order valence-electron chi connectivity index (χ2n) is 4.58. The number of hydrogen-bond donors (Lipinski definition) is 1. The number of ether oxygens (including phenoxy) is 1. The minimum Gasteiger partial charge on any atom is -0.497 e. The molecule has 1 aromatic carbocycles. The first-order valence-electron chi connectivity index (χ1n) is 6.78. The number of aromatic nitrogens is 1. The third-order valence-electron chi connectivity index (χ3n) is 3.23. The standard InChI is InChI=1S/C16H19N3O2S/c1-11-6-5-7-13(14-10-12(21-4)8-9-19-14)15(11)22(20)16(17-2)18-3/h5-10H,1-4H3,(H,17,18). The van der Waals surface area contributed by atoms with Crippen molar-refractivity contribution < 1.29 is 8.95 Å². The van der Waals surface area contributed by atoms with Crippen LogP contribution in [0.25, 0.3) is 11.3 Å². The number of nitrogens with one attached hydrogen (secondary N) is 1. The van der Waals surface area contributed by atoms with Gasteiger partial charge in [-0.1, -0.05) is 18.2 Å². The zero-order valence-corrected chi connectivity index (χ0v) is 13.9. The van der Waals surface area contributed by atoms with Crippen molar-refractivity contribution >= 4 is 16.0 Å². The largest absolute Gasteiger partial charge is 0.497 e. The van der Waals surface area contributed by atoms with Crippen molar-refractivity contribution in [1.82, 2.24) is 10.3 Å². The third kappa shape index (κ3) is 3.17. The minimum absolute atomic E-state index is 0.429. The summed E-state index contributed by atoms with van der Waals surface area (Å²) in [4.78, 5) is 9.14. The minimum atomic E-state index is -1.40. The van der Waals surface area contributed by atoms with Crippen LogP contribution in [-0.4, -0.2) is 35.6 Å². The highest BCUT2D eigenvalue weighted by Crippen LogP contribution is 2.29. The Morgan fingerprint density at radius 1 is 1.36 bits per heavy atom. The molecule has 0 saturated carbocycles. The summed E-state index contributed by atoms with van der Waals surface area (Å²) in [6, 6.07) is 9.37. The molecule has 0 saturated heterocycles. The zero-order chi connectivity index (χ0) is 16.1. The van der Waals surface area contributed by atoms with Crippen LogP contribution < -0.4 is 10.1 Å². The molecule has 0 bridgehead atoms. The lowest BCUT2D eigenvalue weighted by molar-refractivity contribution is 0.414. The van der Waals surface area contributed by atoms with Crippen molar-refractivity contribution in [3.8, 4) is 17.0 Å². The van der Waals surface area contributed by atoms with Crippen molar-refractivity contribution in [3.63, 3.8) is 0 Å². The first-order valence-corrected chi connectivity index (χ1v) is 7.93. The van der Waals surface area contributed by atoms with Crippen molar-refractivity contribution in [1.29, 1.82) is 0 Å². The first-order chi connectivity index (χ1) is 10.6. The fourth-order valence-corrected chi connectivity index (χ4v) is 3.45. The van der Waals surface area contributed by atoms with Gasteiger partial charge in [0.1, 0.15) is 16.5 Å². The first kappa shape index (κ1) is 16.2. The number of aryl methyl sites for hydroxylation is 1. The molecule has 0 spiro atoms. The van der Waals surface area contributed by atoms with Crippen molar-refractivity contribution in [2.45, 2.75) is 11.8 Å². The maximum absolute atomic E-state index is 12.8. The zero-order valence-electron chi connectivity index (χ0n) is 13.1. The molecule has 1 aromatic heterocycles. The molecule has 2 aromatic rings. The van der Waals surface area contributed by atoms with Crippen LogP contribution in [0.3, 0.4) is 0 Å². The van der Waals surface area contributed by atoms with E-state index in [4.69, 9.17) is 4.74 Å². The van der Waals surface area contributed by atoms with Crippen LogP contribution in [0.2, 0.25) is 0 Å². The van der Waals surface area contributed by atoms with Gasteiger partial charge in [-0.25, -0.2) is 4.21 Å². The summed E-state index contributed by atoms with van der Waals surface area (Å²) in [6.07, 6.45) is 1.68. The molecule has 2 rings (SSSR count). The Hall–Kier alpha value is -2.21. The molecule has 1 N–H and O–H groups in total. The highest BCUT2D eigenvalue weighted by Gasteiger charge is 2.19. The van der Waals surface area contributed by atoms with Gasteiger partial charge in [-0.3, -0.25) is 9.98 Å². The summed E-state index contributed by atoms with van der Waals surface area (Å²) in [5.41, 5.74) is 2.46. The molecular formula is C16H19N3O2S. The molecule has 0 amide bonds. The van der Waals surface area contributed by atoms with Crippen molar-refractivity contribution in [2.24, 2.45) is 4.99 Å². The molecule has 1 heterocycles. The summed E-state index contributed by atoms with van der Waals surface area (Å²) in [7, 11) is 3.54. The Labute approximate surface area is 132 Å². The van der Waals surface area contributed by atoms with Crippen molar-refractivity contribution in [3.05, 3.63) is 42.1 Å². The molecule has 1 atom stereocenters. The topological polar surface area (TPSA) is 63.6 Å². The molecule has 5 nitrogen and oxygen atoms in total. The quantitative estimate of drug-likeness (QED) is 0.697. The molecule has 22 heavy (non-hydrogen) atoms. The van der Waals surface area contributed by atoms with Crippen LogP contribution in [0.5, 0.6) is 5.75 Å². The Kier molecular flexibility index (Phi) is 5.27. The third-order valence-corrected chi connectivity index (χ3v) is 4.88. The molecule has 0 aliphatic carbocycles. The molecule has 0 aliphatic rings. The van der Waals surface area contributed by atoms with Gasteiger partial charge in [-0.2, -0.15) is 0 Å². The van der Waals surface area contributed by atoms with Crippen LogP contribution >= 0.6 is 0 Å². The van der Waals surface area contributed by atoms with Crippen LogP contribution in [0, 0.1) is 6.92 Å². The maximum Gasteiger partial charge on any atom is 0.192 e. The van der Waals surface area contributed by atoms with E-state index in [0.717, 1.165) is 16.8 Å². The van der Waals surface area contributed by atoms with E-state index in [1.807, 2.05) is 31.2 Å². The average Bonchev–Trinajstić information content (AvgIpc) is 2.55. The number of amidine groups is 1. The molecule has 0 radical (unpaired) electrons. The lowest BCUT2D eigenvalue weighted by Crippen LogP contribution is -2.24. The molecule has 1 unspecified atom stereocenters. The summed E-state index contributed by atoms with van der Waals surface area (Å²) in [5.74, 6) is 0.709. The molecule has 0 aliphatic heterocycles. The summed E-state index contributed by atoms with van der Waals surface area (Å²) in [6.45, 7) is 1.93. The Morgan fingerprint density at radius 2 is 2.14 bits per heavy atom. The van der Waals surface area contributed by atoms with E-state index in [1.54, 1.807) is 33.5 Å². The summed E-state index contributed by atoms with van der Waals surface area (Å²) >= 11 is 0. The highest BCUT2D eigenvalue weighted by atomic mass is 32.2. The average molecular weight is 317 g/mol. The number of nitrogens with zero attached hydrogens (tertiary/aromatic N) is 2. The number of hydrogen-bond acceptors (Lipinski definition) is 4. The number of aliphatic imine (C=N–C) groups is 1. The Bertz CT molecular complexity index is 729. The van der Waals surface area contributed by atoms with Gasteiger partial charge in [0.25, 0.3) is 0 Å². The summed E-state index contributed by atoms with van der Waals surface area (Å²) in [5, 5.41) is 3.31. The molecule has 0 fully saturated rings. The van der Waals surface area contributed by atoms with E-state index in [2.05, 4.69) is 15.3 Å². The van der Waals surface area contributed by atoms with Gasteiger partial charge in [0.2, 0.25) is 0 Å². The van der Waals surface area contributed by atoms with Gasteiger partial charge in [0.15, 0.2) is 5.17 Å². The maximum atomic E-state index is 12.8. The fraction of sp³-hybridized carbons (Fsp3) is 0.250. The SMILES string of the molecule is CN=C(NC)S(=O)c1c(C)cccc1-c1cc(OC)ccn1. The van der Waals surface area contributed by atoms with E-state index in [9.17, 15) is 4.21 Å². The van der Waals surface area contributed by atoms with E-state index in [1.165, 1.54) is 0 Å². The smallest absolute Gasteiger partial charge is 0.192 e. The predicted octanol–water partition coefficient (Wildman–Crippen LogP) is 2.38. The van der Waals surface area contributed by atoms with Crippen LogP contribution in [0.4, 0.5) is 0 Å². The normalized spacial score (nSPS) is 12.8. The lowest BCUT2D eigenvalue weighted by atomic mass is 10.1. The molecule has 116 valence electrons. The highest BCUT2D eigenvalue weighted by molar-refractivity contribution is 8.00. The number of methoxy groups -OCH3 is 1. The van der Waals surface area contributed by atoms with Crippen molar-refractivity contribution in [2.75, 3.05) is 21.2 Å². The van der Waals surface area contributed by atoms with E-state index >= 15 is 0 Å². The second-order valence-corrected chi connectivity index (χ2v) is 5.91. The number of pyridine rings is 1. The summed E-state index contributed by atoms with van der Waals surface area (Å²) < 4.78 is 18.1. The van der Waals surface area contributed by atoms with Gasteiger partial charge in [-0.15, -0.1) is 0 Å². The van der Waals surface area contributed by atoms with Crippen LogP contribution in [0.1, 0.15) is 5.56 Å². The Morgan fingerprint density at radius 3 is 2.77 bits per heavy atom. The lowest BCUT2D eigenvalue weighted by Gasteiger charge is -2.13. The Balaban J connectivity index is 2.62. The number of benzene rings is 1. The monoisotopic (exact) mass is 317 g/mol. The van der Waals surface area contributed by atoms with Gasteiger partial charge >= 0.3 is 0 Å². The van der Waals surface area contributed by atoms with Gasteiger partial charge in [0.05, 0.1) is 17.7 Å². The van der Waals surface area contributed by atoms with Crippen LogP contribution in [0.15, 0.2) is 46.4 Å². The second kappa shape index (κ2) is 7.17. The van der Waals surface area contributed by atoms with Gasteiger partial charge in [0, 0.05) is 31.9 Å². The van der Waals surface area contributed by atoms with E-state index < -0.39 is 10.8 Å². The molecular weight excluding hydrogens is 298 g/mol. The van der Waals surface area contributed by atoms with Gasteiger partial charge in [-0.05, 0) is 18.6 Å². The van der Waals surface area contributed by atoms with Gasteiger partial charge < -0.3 is 10.1 Å². The fourth-order valence-electron chi connectivity index (χ4n) is 2.17. The van der Waals surface area contributed by atoms with E-state index in [-0.39, 0.29) is 0 Å². The number of rotatable bonds is 3. The van der Waals surface area contributed by atoms with E-state index in [0.29, 0.717) is 15.8 Å². The molecule has 6 heteroatoms. The van der Waals surface area contributed by atoms with Crippen LogP contribution in [-0.2, 0) is 10.8 Å².